The summed E-state index contributed by atoms with van der Waals surface area (Å²) in [4.78, 5) is 14.0. The Labute approximate surface area is 130 Å². The second kappa shape index (κ2) is 8.65. The summed E-state index contributed by atoms with van der Waals surface area (Å²) in [5.74, 6) is 0.735. The van der Waals surface area contributed by atoms with Crippen LogP contribution in [0.1, 0.15) is 17.7 Å². The number of hydrogen-bond donors (Lipinski definition) is 1. The van der Waals surface area contributed by atoms with Crippen LogP contribution in [0.2, 0.25) is 0 Å². The van der Waals surface area contributed by atoms with E-state index in [9.17, 15) is 4.79 Å². The van der Waals surface area contributed by atoms with Gasteiger partial charge in [0, 0.05) is 13.1 Å². The van der Waals surface area contributed by atoms with Crippen LogP contribution in [0.4, 0.5) is 0 Å². The molecule has 0 radical (unpaired) electrons. The number of rotatable bonds is 8. The Hall–Kier alpha value is -2.58. The summed E-state index contributed by atoms with van der Waals surface area (Å²) in [5.41, 5.74) is 1.14. The van der Waals surface area contributed by atoms with Gasteiger partial charge < -0.3 is 9.73 Å². The first-order valence-corrected chi connectivity index (χ1v) is 7.20. The molecule has 0 saturated carbocycles. The lowest BCUT2D eigenvalue weighted by molar-refractivity contribution is -0.122. The summed E-state index contributed by atoms with van der Waals surface area (Å²) in [6.45, 7) is 1.87. The minimum atomic E-state index is -0.0854. The second-order valence-corrected chi connectivity index (χ2v) is 4.97. The fraction of sp³-hybridized carbons (Fsp3) is 0.294. The molecule has 0 atom stereocenters. The molecule has 1 amide bonds. The quantitative estimate of drug-likeness (QED) is 0.759. The van der Waals surface area contributed by atoms with E-state index in [4.69, 9.17) is 9.68 Å². The van der Waals surface area contributed by atoms with Crippen LogP contribution < -0.4 is 5.32 Å². The van der Waals surface area contributed by atoms with Crippen molar-refractivity contribution in [3.63, 3.8) is 0 Å². The molecule has 114 valence electrons. The third kappa shape index (κ3) is 5.43. The molecule has 22 heavy (non-hydrogen) atoms. The van der Waals surface area contributed by atoms with Gasteiger partial charge in [0.05, 0.1) is 31.8 Å². The highest BCUT2D eigenvalue weighted by molar-refractivity contribution is 5.78. The van der Waals surface area contributed by atoms with E-state index in [1.54, 1.807) is 6.26 Å². The molecule has 0 unspecified atom stereocenters. The van der Waals surface area contributed by atoms with Crippen LogP contribution in [0.5, 0.6) is 0 Å². The smallest absolute Gasteiger partial charge is 0.234 e. The van der Waals surface area contributed by atoms with Gasteiger partial charge in [0.1, 0.15) is 5.76 Å². The van der Waals surface area contributed by atoms with Gasteiger partial charge >= 0.3 is 0 Å². The monoisotopic (exact) mass is 297 g/mol. The summed E-state index contributed by atoms with van der Waals surface area (Å²) in [6.07, 6.45) is 1.95. The number of nitriles is 1. The zero-order chi connectivity index (χ0) is 15.6. The molecule has 1 N–H and O–H groups in total. The van der Waals surface area contributed by atoms with Crippen LogP contribution in [0.25, 0.3) is 0 Å². The number of carbonyl (C=O) groups excluding carboxylic acids is 1. The Morgan fingerprint density at radius 1 is 1.18 bits per heavy atom. The molecule has 0 aliphatic carbocycles. The Balaban J connectivity index is 1.95. The van der Waals surface area contributed by atoms with Gasteiger partial charge in [-0.1, -0.05) is 30.3 Å². The lowest BCUT2D eigenvalue weighted by Gasteiger charge is -2.20. The third-order valence-electron chi connectivity index (χ3n) is 3.13. The first kappa shape index (κ1) is 15.8. The minimum Gasteiger partial charge on any atom is -0.468 e. The fourth-order valence-corrected chi connectivity index (χ4v) is 2.15. The molecule has 0 spiro atoms. The van der Waals surface area contributed by atoms with Crippen LogP contribution in [0, 0.1) is 11.3 Å². The van der Waals surface area contributed by atoms with Crippen molar-refractivity contribution in [1.82, 2.24) is 10.2 Å². The summed E-state index contributed by atoms with van der Waals surface area (Å²) in [6, 6.07) is 15.7. The van der Waals surface area contributed by atoms with Crippen molar-refractivity contribution in [2.75, 3.05) is 13.1 Å². The van der Waals surface area contributed by atoms with E-state index in [1.165, 1.54) is 0 Å². The van der Waals surface area contributed by atoms with Gasteiger partial charge in [-0.05, 0) is 17.7 Å². The van der Waals surface area contributed by atoms with E-state index in [-0.39, 0.29) is 12.5 Å². The molecule has 0 aliphatic rings. The SMILES string of the molecule is N#CCCNC(=O)CN(Cc1ccccc1)Cc1ccco1. The van der Waals surface area contributed by atoms with Gasteiger partial charge in [-0.15, -0.1) is 0 Å². The van der Waals surface area contributed by atoms with E-state index >= 15 is 0 Å². The van der Waals surface area contributed by atoms with Crippen LogP contribution in [-0.2, 0) is 17.9 Å². The highest BCUT2D eigenvalue weighted by Crippen LogP contribution is 2.10. The number of carbonyl (C=O) groups is 1. The molecular weight excluding hydrogens is 278 g/mol. The third-order valence-corrected chi connectivity index (χ3v) is 3.13. The average molecular weight is 297 g/mol. The average Bonchev–Trinajstić information content (AvgIpc) is 3.01. The number of hydrogen-bond acceptors (Lipinski definition) is 4. The first-order valence-electron chi connectivity index (χ1n) is 7.20. The van der Waals surface area contributed by atoms with E-state index < -0.39 is 0 Å². The van der Waals surface area contributed by atoms with E-state index in [0.29, 0.717) is 26.1 Å². The Bertz CT molecular complexity index is 603. The summed E-state index contributed by atoms with van der Waals surface area (Å²) in [5, 5.41) is 11.2. The van der Waals surface area contributed by atoms with E-state index in [2.05, 4.69) is 5.32 Å². The maximum atomic E-state index is 12.0. The topological polar surface area (TPSA) is 69.3 Å². The predicted molar refractivity (Wildman–Crippen MR) is 82.5 cm³/mol. The van der Waals surface area contributed by atoms with Crippen molar-refractivity contribution in [3.8, 4) is 6.07 Å². The maximum Gasteiger partial charge on any atom is 0.234 e. The number of furan rings is 1. The van der Waals surface area contributed by atoms with Crippen LogP contribution in [0.15, 0.2) is 53.1 Å². The van der Waals surface area contributed by atoms with E-state index in [0.717, 1.165) is 11.3 Å². The molecule has 2 rings (SSSR count). The van der Waals surface area contributed by atoms with Crippen molar-refractivity contribution in [3.05, 3.63) is 60.1 Å². The number of benzene rings is 1. The summed E-state index contributed by atoms with van der Waals surface area (Å²) in [7, 11) is 0. The molecule has 0 bridgehead atoms. The van der Waals surface area contributed by atoms with E-state index in [1.807, 2.05) is 53.4 Å². The molecule has 2 aromatic rings. The van der Waals surface area contributed by atoms with Crippen molar-refractivity contribution >= 4 is 5.91 Å². The van der Waals surface area contributed by atoms with Gasteiger partial charge in [0.2, 0.25) is 5.91 Å². The Morgan fingerprint density at radius 3 is 2.68 bits per heavy atom. The lowest BCUT2D eigenvalue weighted by atomic mass is 10.2. The highest BCUT2D eigenvalue weighted by atomic mass is 16.3. The first-order chi connectivity index (χ1) is 10.8. The molecule has 1 heterocycles. The molecule has 1 aromatic carbocycles. The van der Waals surface area contributed by atoms with Gasteiger partial charge in [-0.2, -0.15) is 5.26 Å². The Morgan fingerprint density at radius 2 is 2.00 bits per heavy atom. The fourth-order valence-electron chi connectivity index (χ4n) is 2.15. The molecular formula is C17H19N3O2. The summed E-state index contributed by atoms with van der Waals surface area (Å²) >= 11 is 0. The molecule has 5 nitrogen and oxygen atoms in total. The van der Waals surface area contributed by atoms with Gasteiger partial charge in [0.15, 0.2) is 0 Å². The largest absolute Gasteiger partial charge is 0.468 e. The second-order valence-electron chi connectivity index (χ2n) is 4.97. The standard InChI is InChI=1S/C17H19N3O2/c18-9-5-10-19-17(21)14-20(13-16-8-4-11-22-16)12-15-6-2-1-3-7-15/h1-4,6-8,11H,5,10,12-14H2,(H,19,21). The lowest BCUT2D eigenvalue weighted by Crippen LogP contribution is -2.36. The molecule has 1 aromatic heterocycles. The van der Waals surface area contributed by atoms with Crippen molar-refractivity contribution in [2.24, 2.45) is 0 Å². The number of nitrogens with one attached hydrogen (secondary N) is 1. The molecule has 0 saturated heterocycles. The zero-order valence-electron chi connectivity index (χ0n) is 12.4. The summed E-state index contributed by atoms with van der Waals surface area (Å²) < 4.78 is 5.37. The van der Waals surface area contributed by atoms with Crippen molar-refractivity contribution < 1.29 is 9.21 Å². The van der Waals surface area contributed by atoms with Crippen LogP contribution in [-0.4, -0.2) is 23.9 Å². The zero-order valence-corrected chi connectivity index (χ0v) is 12.4. The van der Waals surface area contributed by atoms with Gasteiger partial charge in [-0.3, -0.25) is 9.69 Å². The molecule has 0 aliphatic heterocycles. The maximum absolute atomic E-state index is 12.0. The molecule has 5 heteroatoms. The van der Waals surface area contributed by atoms with Crippen LogP contribution >= 0.6 is 0 Å². The number of amides is 1. The van der Waals surface area contributed by atoms with Gasteiger partial charge in [0.25, 0.3) is 0 Å². The van der Waals surface area contributed by atoms with Gasteiger partial charge in [-0.25, -0.2) is 0 Å². The van der Waals surface area contributed by atoms with Crippen molar-refractivity contribution in [1.29, 1.82) is 5.26 Å². The van der Waals surface area contributed by atoms with Crippen molar-refractivity contribution in [2.45, 2.75) is 19.5 Å². The minimum absolute atomic E-state index is 0.0854. The predicted octanol–water partition coefficient (Wildman–Crippen LogP) is 2.31. The molecule has 0 fully saturated rings. The Kier molecular flexibility index (Phi) is 6.21. The number of nitrogens with zero attached hydrogens (tertiary/aromatic N) is 2. The van der Waals surface area contributed by atoms with Crippen LogP contribution in [0.3, 0.4) is 0 Å². The highest BCUT2D eigenvalue weighted by Gasteiger charge is 2.13. The normalized spacial score (nSPS) is 10.4.